The van der Waals surface area contributed by atoms with E-state index in [-0.39, 0.29) is 6.10 Å². The third-order valence-corrected chi connectivity index (χ3v) is 5.38. The highest BCUT2D eigenvalue weighted by Gasteiger charge is 2.29. The number of benzene rings is 1. The molecular formula is C22H27N3O2. The van der Waals surface area contributed by atoms with Crippen LogP contribution < -0.4 is 4.74 Å². The Bertz CT molecular complexity index is 905. The van der Waals surface area contributed by atoms with E-state index in [1.165, 1.54) is 11.1 Å². The minimum atomic E-state index is -0.496. The van der Waals surface area contributed by atoms with Crippen LogP contribution in [-0.2, 0) is 6.54 Å². The molecule has 5 nitrogen and oxygen atoms in total. The summed E-state index contributed by atoms with van der Waals surface area (Å²) in [6.07, 6.45) is 5.89. The van der Waals surface area contributed by atoms with E-state index < -0.39 is 6.10 Å². The number of aliphatic hydroxyl groups excluding tert-OH is 1. The van der Waals surface area contributed by atoms with Gasteiger partial charge in [0.05, 0.1) is 0 Å². The normalized spacial score (nSPS) is 21.0. The van der Waals surface area contributed by atoms with E-state index in [0.29, 0.717) is 12.5 Å². The summed E-state index contributed by atoms with van der Waals surface area (Å²) in [6, 6.07) is 10.2. The molecule has 3 aromatic rings. The van der Waals surface area contributed by atoms with Gasteiger partial charge in [-0.25, -0.2) is 0 Å². The van der Waals surface area contributed by atoms with E-state index in [1.54, 1.807) is 6.20 Å². The highest BCUT2D eigenvalue weighted by Crippen LogP contribution is 2.25. The summed E-state index contributed by atoms with van der Waals surface area (Å²) in [6.45, 7) is 6.66. The highest BCUT2D eigenvalue weighted by atomic mass is 16.5. The molecule has 3 heterocycles. The molecule has 142 valence electrons. The van der Waals surface area contributed by atoms with Crippen LogP contribution in [0.4, 0.5) is 0 Å². The fourth-order valence-electron chi connectivity index (χ4n) is 3.77. The molecule has 1 fully saturated rings. The van der Waals surface area contributed by atoms with Crippen molar-refractivity contribution in [2.75, 3.05) is 13.1 Å². The van der Waals surface area contributed by atoms with E-state index in [0.717, 1.165) is 36.2 Å². The van der Waals surface area contributed by atoms with Crippen molar-refractivity contribution < 1.29 is 9.84 Å². The third kappa shape index (κ3) is 3.99. The number of aromatic nitrogens is 2. The first-order valence-corrected chi connectivity index (χ1v) is 9.67. The second-order valence-electron chi connectivity index (χ2n) is 7.71. The van der Waals surface area contributed by atoms with Crippen molar-refractivity contribution in [3.8, 4) is 5.75 Å². The Hall–Kier alpha value is -2.37. The molecular weight excluding hydrogens is 338 g/mol. The molecule has 0 bridgehead atoms. The van der Waals surface area contributed by atoms with Crippen LogP contribution in [0.1, 0.15) is 37.3 Å². The van der Waals surface area contributed by atoms with Gasteiger partial charge in [-0.3, -0.25) is 9.88 Å². The summed E-state index contributed by atoms with van der Waals surface area (Å²) >= 11 is 0. The maximum Gasteiger partial charge on any atom is 0.127 e. The highest BCUT2D eigenvalue weighted by molar-refractivity contribution is 5.81. The van der Waals surface area contributed by atoms with E-state index in [1.807, 2.05) is 30.6 Å². The lowest BCUT2D eigenvalue weighted by molar-refractivity contribution is -0.0274. The standard InChI is InChI=1S/C22H27N3O2/c1-15(2)16-4-3-5-18(10-16)27-22-7-9-25(14-21(22)26)13-17-11-24-20-6-8-23-12-19(17)20/h3-6,8,10-12,15,21-22,24,26H,7,9,13-14H2,1-2H3/t21-,22-/m1/s1. The number of aliphatic hydroxyl groups is 1. The van der Waals surface area contributed by atoms with Gasteiger partial charge in [-0.05, 0) is 41.7 Å². The number of H-pyrrole nitrogens is 1. The number of hydrogen-bond donors (Lipinski definition) is 2. The number of β-amino-alcohol motifs (C(OH)–C–C–N with tert-alkyl or cyclic N) is 1. The van der Waals surface area contributed by atoms with Crippen molar-refractivity contribution in [3.63, 3.8) is 0 Å². The quantitative estimate of drug-likeness (QED) is 0.724. The minimum Gasteiger partial charge on any atom is -0.488 e. The second kappa shape index (κ2) is 7.71. The molecule has 1 aromatic carbocycles. The first kappa shape index (κ1) is 18.0. The molecule has 0 amide bonds. The van der Waals surface area contributed by atoms with Crippen LogP contribution in [0.25, 0.3) is 10.9 Å². The lowest BCUT2D eigenvalue weighted by Crippen LogP contribution is -2.48. The number of pyridine rings is 1. The number of piperidine rings is 1. The van der Waals surface area contributed by atoms with Crippen molar-refractivity contribution in [1.29, 1.82) is 0 Å². The van der Waals surface area contributed by atoms with E-state index >= 15 is 0 Å². The van der Waals surface area contributed by atoms with Gasteiger partial charge in [0.1, 0.15) is 18.0 Å². The molecule has 1 aliphatic rings. The number of hydrogen-bond acceptors (Lipinski definition) is 4. The van der Waals surface area contributed by atoms with E-state index in [9.17, 15) is 5.11 Å². The Morgan fingerprint density at radius 3 is 3.04 bits per heavy atom. The number of fused-ring (bicyclic) bond motifs is 1. The molecule has 4 rings (SSSR count). The van der Waals surface area contributed by atoms with Gasteiger partial charge in [-0.2, -0.15) is 0 Å². The molecule has 0 spiro atoms. The van der Waals surface area contributed by atoms with Crippen molar-refractivity contribution in [3.05, 3.63) is 60.0 Å². The van der Waals surface area contributed by atoms with Crippen LogP contribution in [0, 0.1) is 0 Å². The van der Waals surface area contributed by atoms with Gasteiger partial charge in [0.25, 0.3) is 0 Å². The Morgan fingerprint density at radius 1 is 1.33 bits per heavy atom. The summed E-state index contributed by atoms with van der Waals surface area (Å²) in [7, 11) is 0. The Morgan fingerprint density at radius 2 is 2.22 bits per heavy atom. The van der Waals surface area contributed by atoms with Crippen LogP contribution in [-0.4, -0.2) is 45.3 Å². The van der Waals surface area contributed by atoms with Crippen molar-refractivity contribution >= 4 is 10.9 Å². The van der Waals surface area contributed by atoms with Crippen LogP contribution >= 0.6 is 0 Å². The van der Waals surface area contributed by atoms with E-state index in [2.05, 4.69) is 40.8 Å². The summed E-state index contributed by atoms with van der Waals surface area (Å²) in [5, 5.41) is 11.8. The number of ether oxygens (including phenoxy) is 1. The van der Waals surface area contributed by atoms with Gasteiger partial charge in [0.2, 0.25) is 0 Å². The fraction of sp³-hybridized carbons (Fsp3) is 0.409. The monoisotopic (exact) mass is 365 g/mol. The summed E-state index contributed by atoms with van der Waals surface area (Å²) in [4.78, 5) is 9.80. The topological polar surface area (TPSA) is 61.4 Å². The predicted molar refractivity (Wildman–Crippen MR) is 107 cm³/mol. The molecule has 2 N–H and O–H groups in total. The summed E-state index contributed by atoms with van der Waals surface area (Å²) in [5.74, 6) is 1.31. The van der Waals surface area contributed by atoms with Gasteiger partial charge in [0.15, 0.2) is 0 Å². The largest absolute Gasteiger partial charge is 0.488 e. The third-order valence-electron chi connectivity index (χ3n) is 5.38. The van der Waals surface area contributed by atoms with Crippen LogP contribution in [0.15, 0.2) is 48.9 Å². The smallest absolute Gasteiger partial charge is 0.127 e. The molecule has 1 aliphatic heterocycles. The van der Waals surface area contributed by atoms with E-state index in [4.69, 9.17) is 4.74 Å². The first-order valence-electron chi connectivity index (χ1n) is 9.67. The Kier molecular flexibility index (Phi) is 5.14. The molecule has 2 aromatic heterocycles. The van der Waals surface area contributed by atoms with Gasteiger partial charge >= 0.3 is 0 Å². The molecule has 5 heteroatoms. The first-order chi connectivity index (χ1) is 13.1. The van der Waals surface area contributed by atoms with Crippen LogP contribution in [0.5, 0.6) is 5.75 Å². The zero-order valence-electron chi connectivity index (χ0n) is 15.9. The Balaban J connectivity index is 1.38. The predicted octanol–water partition coefficient (Wildman–Crippen LogP) is 3.70. The number of aromatic amines is 1. The maximum atomic E-state index is 10.6. The zero-order chi connectivity index (χ0) is 18.8. The number of nitrogens with zero attached hydrogens (tertiary/aromatic N) is 2. The molecule has 27 heavy (non-hydrogen) atoms. The van der Waals surface area contributed by atoms with Gasteiger partial charge in [-0.15, -0.1) is 0 Å². The molecule has 0 radical (unpaired) electrons. The van der Waals surface area contributed by atoms with Gasteiger partial charge < -0.3 is 14.8 Å². The molecule has 1 saturated heterocycles. The lowest BCUT2D eigenvalue weighted by Gasteiger charge is -2.36. The van der Waals surface area contributed by atoms with Crippen LogP contribution in [0.3, 0.4) is 0 Å². The average Bonchev–Trinajstić information content (AvgIpc) is 3.07. The zero-order valence-corrected chi connectivity index (χ0v) is 15.9. The van der Waals surface area contributed by atoms with Crippen molar-refractivity contribution in [2.45, 2.75) is 44.9 Å². The van der Waals surface area contributed by atoms with Crippen molar-refractivity contribution in [2.24, 2.45) is 0 Å². The molecule has 2 atom stereocenters. The van der Waals surface area contributed by atoms with Gasteiger partial charge in [0, 0.05) is 49.1 Å². The van der Waals surface area contributed by atoms with Crippen LogP contribution in [0.2, 0.25) is 0 Å². The maximum absolute atomic E-state index is 10.6. The SMILES string of the molecule is CC(C)c1cccc(O[C@@H]2CCN(Cc3c[nH]c4ccncc34)C[C@H]2O)c1. The molecule has 0 aliphatic carbocycles. The van der Waals surface area contributed by atoms with Crippen molar-refractivity contribution in [1.82, 2.24) is 14.9 Å². The Labute approximate surface area is 160 Å². The minimum absolute atomic E-state index is 0.159. The fourth-order valence-corrected chi connectivity index (χ4v) is 3.77. The summed E-state index contributed by atoms with van der Waals surface area (Å²) < 4.78 is 6.12. The molecule has 0 saturated carbocycles. The molecule has 0 unspecified atom stereocenters. The number of likely N-dealkylation sites (tertiary alicyclic amines) is 1. The lowest BCUT2D eigenvalue weighted by atomic mass is 10.0. The average molecular weight is 365 g/mol. The second-order valence-corrected chi connectivity index (χ2v) is 7.71. The summed E-state index contributed by atoms with van der Waals surface area (Å²) in [5.41, 5.74) is 3.57. The number of rotatable bonds is 5. The number of nitrogens with one attached hydrogen (secondary N) is 1. The van der Waals surface area contributed by atoms with Gasteiger partial charge in [-0.1, -0.05) is 26.0 Å².